The van der Waals surface area contributed by atoms with Crippen molar-refractivity contribution in [3.05, 3.63) is 24.3 Å². The molecule has 4 heterocycles. The second-order valence-corrected chi connectivity index (χ2v) is 7.94. The summed E-state index contributed by atoms with van der Waals surface area (Å²) in [5.41, 5.74) is 3.14. The molecule has 7 nitrogen and oxygen atoms in total. The first-order valence-corrected chi connectivity index (χ1v) is 9.85. The van der Waals surface area contributed by atoms with Crippen molar-refractivity contribution >= 4 is 16.6 Å². The van der Waals surface area contributed by atoms with Gasteiger partial charge in [0.1, 0.15) is 17.5 Å². The minimum atomic E-state index is 0.308. The molecular weight excluding hydrogens is 328 g/mol. The number of H-pyrrole nitrogens is 1. The van der Waals surface area contributed by atoms with Crippen LogP contribution in [0.1, 0.15) is 50.1 Å². The molecule has 0 bridgehead atoms. The van der Waals surface area contributed by atoms with E-state index in [4.69, 9.17) is 0 Å². The lowest BCUT2D eigenvalue weighted by Gasteiger charge is -2.32. The number of likely N-dealkylation sites (tertiary alicyclic amines) is 1. The number of nitrogens with one attached hydrogen (secondary N) is 1. The van der Waals surface area contributed by atoms with Crippen LogP contribution in [-0.2, 0) is 0 Å². The Labute approximate surface area is 152 Å². The van der Waals surface area contributed by atoms with Crippen molar-refractivity contribution in [3.8, 4) is 0 Å². The van der Waals surface area contributed by atoms with E-state index >= 15 is 0 Å². The molecule has 2 N–H and O–H groups in total. The SMILES string of the molecule is OC[C@@H]1CCCN1CC1CCC(c2nnn3cnc4[nH]ccc4c23)CC1. The van der Waals surface area contributed by atoms with E-state index in [2.05, 4.69) is 31.2 Å². The van der Waals surface area contributed by atoms with E-state index in [9.17, 15) is 5.11 Å². The zero-order valence-corrected chi connectivity index (χ0v) is 15.0. The molecule has 0 spiro atoms. The van der Waals surface area contributed by atoms with E-state index in [1.807, 2.05) is 10.7 Å². The molecule has 7 heteroatoms. The Kier molecular flexibility index (Phi) is 4.13. The fourth-order valence-electron chi connectivity index (χ4n) is 4.99. The maximum absolute atomic E-state index is 9.54. The van der Waals surface area contributed by atoms with Gasteiger partial charge >= 0.3 is 0 Å². The van der Waals surface area contributed by atoms with Gasteiger partial charge in [0.05, 0.1) is 12.3 Å². The van der Waals surface area contributed by atoms with Crippen LogP contribution in [-0.4, -0.2) is 60.5 Å². The van der Waals surface area contributed by atoms with Crippen molar-refractivity contribution in [2.45, 2.75) is 50.5 Å². The van der Waals surface area contributed by atoms with Gasteiger partial charge < -0.3 is 10.1 Å². The van der Waals surface area contributed by atoms with Crippen molar-refractivity contribution in [2.24, 2.45) is 5.92 Å². The highest BCUT2D eigenvalue weighted by Crippen LogP contribution is 2.38. The summed E-state index contributed by atoms with van der Waals surface area (Å²) in [6, 6.07) is 2.46. The molecule has 5 rings (SSSR count). The van der Waals surface area contributed by atoms with Gasteiger partial charge in [0, 0.05) is 30.1 Å². The highest BCUT2D eigenvalue weighted by molar-refractivity contribution is 5.92. The summed E-state index contributed by atoms with van der Waals surface area (Å²) in [4.78, 5) is 10.1. The van der Waals surface area contributed by atoms with E-state index in [0.29, 0.717) is 18.6 Å². The number of nitrogens with zero attached hydrogens (tertiary/aromatic N) is 5. The van der Waals surface area contributed by atoms with Gasteiger partial charge in [0.25, 0.3) is 0 Å². The second-order valence-electron chi connectivity index (χ2n) is 7.94. The third-order valence-electron chi connectivity index (χ3n) is 6.43. The van der Waals surface area contributed by atoms with Crippen molar-refractivity contribution < 1.29 is 5.11 Å². The summed E-state index contributed by atoms with van der Waals surface area (Å²) in [6.45, 7) is 2.60. The largest absolute Gasteiger partial charge is 0.395 e. The van der Waals surface area contributed by atoms with Gasteiger partial charge in [-0.1, -0.05) is 5.21 Å². The van der Waals surface area contributed by atoms with E-state index in [1.54, 1.807) is 6.33 Å². The third kappa shape index (κ3) is 2.70. The zero-order valence-electron chi connectivity index (χ0n) is 15.0. The molecule has 0 radical (unpaired) electrons. The lowest BCUT2D eigenvalue weighted by atomic mass is 9.80. The number of aliphatic hydroxyl groups is 1. The maximum atomic E-state index is 9.54. The van der Waals surface area contributed by atoms with Crippen LogP contribution in [0.5, 0.6) is 0 Å². The summed E-state index contributed by atoms with van der Waals surface area (Å²) >= 11 is 0. The smallest absolute Gasteiger partial charge is 0.141 e. The van der Waals surface area contributed by atoms with Crippen LogP contribution in [0.2, 0.25) is 0 Å². The Morgan fingerprint density at radius 1 is 1.19 bits per heavy atom. The normalized spacial score (nSPS) is 27.7. The predicted octanol–water partition coefficient (Wildman–Crippen LogP) is 2.34. The second kappa shape index (κ2) is 6.63. The van der Waals surface area contributed by atoms with E-state index in [0.717, 1.165) is 47.7 Å². The summed E-state index contributed by atoms with van der Waals surface area (Å²) in [6.07, 6.45) is 10.9. The van der Waals surface area contributed by atoms with Crippen LogP contribution in [0.4, 0.5) is 0 Å². The lowest BCUT2D eigenvalue weighted by Crippen LogP contribution is -2.37. The summed E-state index contributed by atoms with van der Waals surface area (Å²) < 4.78 is 1.81. The summed E-state index contributed by atoms with van der Waals surface area (Å²) in [5.74, 6) is 1.23. The van der Waals surface area contributed by atoms with Crippen LogP contribution in [0, 0.1) is 5.92 Å². The molecule has 2 fully saturated rings. The van der Waals surface area contributed by atoms with Gasteiger partial charge in [0.2, 0.25) is 0 Å². The van der Waals surface area contributed by atoms with Gasteiger partial charge in [0.15, 0.2) is 0 Å². The van der Waals surface area contributed by atoms with Gasteiger partial charge in [-0.05, 0) is 57.1 Å². The standard InChI is InChI=1S/C19H26N6O/c26-11-15-2-1-9-24(15)10-13-3-5-14(6-4-13)17-18-16-7-8-20-19(16)21-12-25(18)23-22-17/h7-8,12-15,20,26H,1-6,9-11H2/t13?,14?,15-/m0/s1. The molecule has 26 heavy (non-hydrogen) atoms. The minimum absolute atomic E-state index is 0.308. The van der Waals surface area contributed by atoms with Crippen molar-refractivity contribution in [3.63, 3.8) is 0 Å². The average Bonchev–Trinajstić information content (AvgIpc) is 3.40. The number of hydrogen-bond acceptors (Lipinski definition) is 5. The Balaban J connectivity index is 1.31. The van der Waals surface area contributed by atoms with Gasteiger partial charge in [-0.25, -0.2) is 9.50 Å². The summed E-state index contributed by atoms with van der Waals surface area (Å²) in [7, 11) is 0. The number of aliphatic hydroxyl groups excluding tert-OH is 1. The fraction of sp³-hybridized carbons (Fsp3) is 0.632. The van der Waals surface area contributed by atoms with E-state index < -0.39 is 0 Å². The molecule has 1 atom stereocenters. The van der Waals surface area contributed by atoms with Crippen LogP contribution in [0.3, 0.4) is 0 Å². The molecule has 1 saturated carbocycles. The zero-order chi connectivity index (χ0) is 17.5. The van der Waals surface area contributed by atoms with Crippen LogP contribution >= 0.6 is 0 Å². The van der Waals surface area contributed by atoms with E-state index in [1.165, 1.54) is 32.1 Å². The lowest BCUT2D eigenvalue weighted by molar-refractivity contribution is 0.129. The fourth-order valence-corrected chi connectivity index (χ4v) is 4.99. The van der Waals surface area contributed by atoms with Crippen LogP contribution < -0.4 is 0 Å². The van der Waals surface area contributed by atoms with Gasteiger partial charge in [-0.2, -0.15) is 0 Å². The first-order valence-electron chi connectivity index (χ1n) is 9.85. The quantitative estimate of drug-likeness (QED) is 0.751. The van der Waals surface area contributed by atoms with Crippen molar-refractivity contribution in [1.29, 1.82) is 0 Å². The Hall–Kier alpha value is -1.99. The van der Waals surface area contributed by atoms with Crippen LogP contribution in [0.15, 0.2) is 18.6 Å². The minimum Gasteiger partial charge on any atom is -0.395 e. The Bertz CT molecular complexity index is 894. The molecule has 1 saturated heterocycles. The highest BCUT2D eigenvalue weighted by atomic mass is 16.3. The molecule has 138 valence electrons. The van der Waals surface area contributed by atoms with Gasteiger partial charge in [-0.15, -0.1) is 5.10 Å². The number of fused-ring (bicyclic) bond motifs is 3. The first kappa shape index (κ1) is 16.2. The molecular formula is C19H26N6O. The molecule has 3 aromatic heterocycles. The Morgan fingerprint density at radius 2 is 2.08 bits per heavy atom. The van der Waals surface area contributed by atoms with Gasteiger partial charge in [-0.3, -0.25) is 4.90 Å². The number of aromatic nitrogens is 5. The predicted molar refractivity (Wildman–Crippen MR) is 99.0 cm³/mol. The van der Waals surface area contributed by atoms with Crippen LogP contribution in [0.25, 0.3) is 16.6 Å². The topological polar surface area (TPSA) is 82.3 Å². The number of hydrogen-bond donors (Lipinski definition) is 2. The van der Waals surface area contributed by atoms with Crippen molar-refractivity contribution in [2.75, 3.05) is 19.7 Å². The maximum Gasteiger partial charge on any atom is 0.141 e. The first-order chi connectivity index (χ1) is 12.8. The number of rotatable bonds is 4. The average molecular weight is 354 g/mol. The van der Waals surface area contributed by atoms with Crippen molar-refractivity contribution in [1.82, 2.24) is 29.7 Å². The number of aromatic amines is 1. The molecule has 0 unspecified atom stereocenters. The Morgan fingerprint density at radius 3 is 2.92 bits per heavy atom. The highest BCUT2D eigenvalue weighted by Gasteiger charge is 2.30. The van der Waals surface area contributed by atoms with E-state index in [-0.39, 0.29) is 0 Å². The monoisotopic (exact) mass is 354 g/mol. The molecule has 0 aromatic carbocycles. The molecule has 2 aliphatic rings. The molecule has 1 aliphatic carbocycles. The summed E-state index contributed by atoms with van der Waals surface area (Å²) in [5, 5.41) is 19.5. The molecule has 3 aromatic rings. The third-order valence-corrected chi connectivity index (χ3v) is 6.43. The molecule has 1 aliphatic heterocycles. The molecule has 0 amide bonds.